The second kappa shape index (κ2) is 6.63. The number of phenolic OH excluding ortho intramolecular Hbond substituents is 1. The fraction of sp³-hybridized carbons (Fsp3) is 0.188. The number of methoxy groups -OCH3 is 1. The van der Waals surface area contributed by atoms with Gasteiger partial charge in [0.2, 0.25) is 0 Å². The highest BCUT2D eigenvalue weighted by atomic mass is 79.9. The van der Waals surface area contributed by atoms with Crippen molar-refractivity contribution in [1.82, 2.24) is 5.32 Å². The second-order valence-corrected chi connectivity index (χ2v) is 5.45. The van der Waals surface area contributed by atoms with Crippen LogP contribution in [0, 0.1) is 0 Å². The van der Waals surface area contributed by atoms with Crippen molar-refractivity contribution < 1.29 is 14.6 Å². The summed E-state index contributed by atoms with van der Waals surface area (Å²) in [6, 6.07) is 12.1. The Balaban J connectivity index is 2.16. The van der Waals surface area contributed by atoms with Crippen LogP contribution in [-0.4, -0.2) is 18.1 Å². The van der Waals surface area contributed by atoms with E-state index in [1.807, 2.05) is 31.2 Å². The summed E-state index contributed by atoms with van der Waals surface area (Å²) in [4.78, 5) is 12.2. The zero-order chi connectivity index (χ0) is 15.4. The smallest absolute Gasteiger partial charge is 0.255 e. The number of carbonyl (C=O) groups excluding carboxylic acids is 1. The number of ether oxygens (including phenoxy) is 1. The van der Waals surface area contributed by atoms with Gasteiger partial charge in [0.05, 0.1) is 18.7 Å². The molecule has 0 aliphatic heterocycles. The SMILES string of the molecule is COc1ccc(C(=O)NC(C)c2ccccc2Br)c(O)c1. The number of carbonyl (C=O) groups is 1. The number of rotatable bonds is 4. The van der Waals surface area contributed by atoms with Crippen LogP contribution >= 0.6 is 15.9 Å². The maximum Gasteiger partial charge on any atom is 0.255 e. The van der Waals surface area contributed by atoms with Crippen LogP contribution in [0.1, 0.15) is 28.9 Å². The highest BCUT2D eigenvalue weighted by Crippen LogP contribution is 2.26. The minimum absolute atomic E-state index is 0.105. The van der Waals surface area contributed by atoms with Gasteiger partial charge >= 0.3 is 0 Å². The van der Waals surface area contributed by atoms with E-state index in [2.05, 4.69) is 21.2 Å². The average molecular weight is 350 g/mol. The van der Waals surface area contributed by atoms with Crippen LogP contribution in [0.3, 0.4) is 0 Å². The summed E-state index contributed by atoms with van der Waals surface area (Å²) in [5, 5.41) is 12.7. The highest BCUT2D eigenvalue weighted by Gasteiger charge is 2.16. The normalized spacial score (nSPS) is 11.8. The van der Waals surface area contributed by atoms with E-state index < -0.39 is 0 Å². The van der Waals surface area contributed by atoms with Crippen molar-refractivity contribution in [2.45, 2.75) is 13.0 Å². The first kappa shape index (κ1) is 15.4. The van der Waals surface area contributed by atoms with E-state index in [1.54, 1.807) is 6.07 Å². The molecule has 4 nitrogen and oxygen atoms in total. The molecule has 0 bridgehead atoms. The second-order valence-electron chi connectivity index (χ2n) is 4.60. The predicted molar refractivity (Wildman–Crippen MR) is 84.7 cm³/mol. The van der Waals surface area contributed by atoms with Gasteiger partial charge in [0.1, 0.15) is 11.5 Å². The number of phenols is 1. The summed E-state index contributed by atoms with van der Waals surface area (Å²) < 4.78 is 5.93. The summed E-state index contributed by atoms with van der Waals surface area (Å²) in [5.74, 6) is 0.0625. The van der Waals surface area contributed by atoms with Gasteiger partial charge in [-0.25, -0.2) is 0 Å². The van der Waals surface area contributed by atoms with E-state index >= 15 is 0 Å². The summed E-state index contributed by atoms with van der Waals surface area (Å²) >= 11 is 3.46. The Hall–Kier alpha value is -2.01. The van der Waals surface area contributed by atoms with Crippen LogP contribution in [0.25, 0.3) is 0 Å². The number of aromatic hydroxyl groups is 1. The molecule has 0 aliphatic carbocycles. The fourth-order valence-corrected chi connectivity index (χ4v) is 2.64. The van der Waals surface area contributed by atoms with Gasteiger partial charge in [-0.05, 0) is 30.7 Å². The molecule has 0 radical (unpaired) electrons. The number of benzene rings is 2. The Bertz CT molecular complexity index is 658. The molecule has 0 aliphatic rings. The van der Waals surface area contributed by atoms with E-state index in [0.29, 0.717) is 5.75 Å². The molecular formula is C16H16BrNO3. The molecule has 2 aromatic carbocycles. The van der Waals surface area contributed by atoms with Crippen LogP contribution in [0.2, 0.25) is 0 Å². The van der Waals surface area contributed by atoms with Crippen molar-refractivity contribution in [3.05, 3.63) is 58.1 Å². The van der Waals surface area contributed by atoms with Gasteiger partial charge in [-0.1, -0.05) is 34.1 Å². The lowest BCUT2D eigenvalue weighted by molar-refractivity contribution is 0.0937. The number of hydrogen-bond donors (Lipinski definition) is 2. The van der Waals surface area contributed by atoms with E-state index in [0.717, 1.165) is 10.0 Å². The topological polar surface area (TPSA) is 58.6 Å². The molecule has 0 spiro atoms. The Morgan fingerprint density at radius 2 is 2.00 bits per heavy atom. The van der Waals surface area contributed by atoms with Crippen LogP contribution in [0.4, 0.5) is 0 Å². The van der Waals surface area contributed by atoms with Gasteiger partial charge in [0, 0.05) is 10.5 Å². The molecule has 0 aromatic heterocycles. The third-order valence-corrected chi connectivity index (χ3v) is 3.89. The lowest BCUT2D eigenvalue weighted by Crippen LogP contribution is -2.26. The molecule has 0 fully saturated rings. The Morgan fingerprint density at radius 1 is 1.29 bits per heavy atom. The molecule has 1 atom stereocenters. The van der Waals surface area contributed by atoms with Crippen molar-refractivity contribution in [3.63, 3.8) is 0 Å². The van der Waals surface area contributed by atoms with Crippen molar-refractivity contribution in [1.29, 1.82) is 0 Å². The van der Waals surface area contributed by atoms with Gasteiger partial charge in [-0.3, -0.25) is 4.79 Å². The maximum atomic E-state index is 12.2. The Kier molecular flexibility index (Phi) is 4.85. The minimum Gasteiger partial charge on any atom is -0.507 e. The quantitative estimate of drug-likeness (QED) is 0.885. The van der Waals surface area contributed by atoms with Crippen LogP contribution in [-0.2, 0) is 0 Å². The molecule has 2 aromatic rings. The molecule has 110 valence electrons. The van der Waals surface area contributed by atoms with Gasteiger partial charge in [0.15, 0.2) is 0 Å². The Labute approximate surface area is 131 Å². The van der Waals surface area contributed by atoms with Crippen LogP contribution in [0.15, 0.2) is 46.9 Å². The van der Waals surface area contributed by atoms with E-state index in [-0.39, 0.29) is 23.3 Å². The predicted octanol–water partition coefficient (Wildman–Crippen LogP) is 3.65. The number of amides is 1. The molecule has 2 rings (SSSR count). The summed E-state index contributed by atoms with van der Waals surface area (Å²) in [7, 11) is 1.50. The van der Waals surface area contributed by atoms with Crippen LogP contribution < -0.4 is 10.1 Å². The zero-order valence-electron chi connectivity index (χ0n) is 11.8. The molecule has 21 heavy (non-hydrogen) atoms. The first-order valence-corrected chi connectivity index (χ1v) is 7.24. The van der Waals surface area contributed by atoms with E-state index in [1.165, 1.54) is 19.2 Å². The molecule has 0 saturated heterocycles. The van der Waals surface area contributed by atoms with Crippen molar-refractivity contribution in [2.75, 3.05) is 7.11 Å². The number of halogens is 1. The lowest BCUT2D eigenvalue weighted by atomic mass is 10.1. The van der Waals surface area contributed by atoms with Gasteiger partial charge in [0.25, 0.3) is 5.91 Å². The third kappa shape index (κ3) is 3.55. The highest BCUT2D eigenvalue weighted by molar-refractivity contribution is 9.10. The van der Waals surface area contributed by atoms with Gasteiger partial charge in [-0.15, -0.1) is 0 Å². The minimum atomic E-state index is -0.335. The van der Waals surface area contributed by atoms with Crippen LogP contribution in [0.5, 0.6) is 11.5 Å². The first-order valence-electron chi connectivity index (χ1n) is 6.45. The molecule has 1 amide bonds. The van der Waals surface area contributed by atoms with E-state index in [9.17, 15) is 9.90 Å². The molecule has 1 unspecified atom stereocenters. The zero-order valence-corrected chi connectivity index (χ0v) is 13.3. The molecule has 0 heterocycles. The lowest BCUT2D eigenvalue weighted by Gasteiger charge is -2.16. The van der Waals surface area contributed by atoms with Crippen molar-refractivity contribution in [3.8, 4) is 11.5 Å². The molecule has 0 saturated carbocycles. The summed E-state index contributed by atoms with van der Waals surface area (Å²) in [6.07, 6.45) is 0. The Morgan fingerprint density at radius 3 is 2.62 bits per heavy atom. The number of nitrogens with one attached hydrogen (secondary N) is 1. The maximum absolute atomic E-state index is 12.2. The summed E-state index contributed by atoms with van der Waals surface area (Å²) in [5.41, 5.74) is 1.19. The largest absolute Gasteiger partial charge is 0.507 e. The first-order chi connectivity index (χ1) is 10.0. The average Bonchev–Trinajstić information content (AvgIpc) is 2.47. The molecule has 5 heteroatoms. The monoisotopic (exact) mass is 349 g/mol. The van der Waals surface area contributed by atoms with Gasteiger partial charge in [-0.2, -0.15) is 0 Å². The van der Waals surface area contributed by atoms with Crippen molar-refractivity contribution in [2.24, 2.45) is 0 Å². The molecular weight excluding hydrogens is 334 g/mol. The standard InChI is InChI=1S/C16H16BrNO3/c1-10(12-5-3-4-6-14(12)17)18-16(20)13-8-7-11(21-2)9-15(13)19/h3-10,19H,1-2H3,(H,18,20). The third-order valence-electron chi connectivity index (χ3n) is 3.17. The van der Waals surface area contributed by atoms with Gasteiger partial charge < -0.3 is 15.2 Å². The fourth-order valence-electron chi connectivity index (χ4n) is 2.01. The molecule has 2 N–H and O–H groups in total. The summed E-state index contributed by atoms with van der Waals surface area (Å²) in [6.45, 7) is 1.89. The van der Waals surface area contributed by atoms with E-state index in [4.69, 9.17) is 4.74 Å². The van der Waals surface area contributed by atoms with Crippen molar-refractivity contribution >= 4 is 21.8 Å². The number of hydrogen-bond acceptors (Lipinski definition) is 3.